The summed E-state index contributed by atoms with van der Waals surface area (Å²) >= 11 is 0. The molecule has 5 N–H and O–H groups in total. The highest BCUT2D eigenvalue weighted by Gasteiger charge is 2.10. The molecule has 0 bridgehead atoms. The van der Waals surface area contributed by atoms with Gasteiger partial charge >= 0.3 is 0 Å². The number of likely N-dealkylation sites (tertiary alicyclic amines) is 1. The minimum atomic E-state index is -0.221. The number of hydrogen-bond acceptors (Lipinski definition) is 1. The van der Waals surface area contributed by atoms with E-state index in [9.17, 15) is 0 Å². The molecular weight excluding hydrogens is 166 g/mol. The second-order valence-corrected chi connectivity index (χ2v) is 3.26. The van der Waals surface area contributed by atoms with E-state index in [1.54, 1.807) is 0 Å². The molecule has 1 aliphatic heterocycles. The standard InChI is InChI=1S/C8H17N5/c9-7(10)12-8(11)13-5-3-1-2-4-6-13/h1-6H2,(H5,9,10,11,12). The number of hydrogen-bond donors (Lipinski definition) is 3. The van der Waals surface area contributed by atoms with Gasteiger partial charge in [-0.15, -0.1) is 0 Å². The largest absolute Gasteiger partial charge is 0.369 e. The highest BCUT2D eigenvalue weighted by Crippen LogP contribution is 2.08. The lowest BCUT2D eigenvalue weighted by Gasteiger charge is -2.20. The Morgan fingerprint density at radius 1 is 1.08 bits per heavy atom. The van der Waals surface area contributed by atoms with Crippen LogP contribution in [0.5, 0.6) is 0 Å². The van der Waals surface area contributed by atoms with Gasteiger partial charge < -0.3 is 16.4 Å². The van der Waals surface area contributed by atoms with Crippen molar-refractivity contribution in [3.63, 3.8) is 0 Å². The van der Waals surface area contributed by atoms with E-state index in [1.165, 1.54) is 12.8 Å². The van der Waals surface area contributed by atoms with Crippen molar-refractivity contribution in [3.05, 3.63) is 0 Å². The first-order chi connectivity index (χ1) is 6.20. The maximum Gasteiger partial charge on any atom is 0.215 e. The van der Waals surface area contributed by atoms with Crippen LogP contribution >= 0.6 is 0 Å². The highest BCUT2D eigenvalue weighted by molar-refractivity contribution is 5.91. The Kier molecular flexibility index (Phi) is 3.54. The van der Waals surface area contributed by atoms with Crippen molar-refractivity contribution in [1.82, 2.24) is 4.90 Å². The first kappa shape index (κ1) is 9.83. The fourth-order valence-corrected chi connectivity index (χ4v) is 1.49. The highest BCUT2D eigenvalue weighted by atomic mass is 15.3. The summed E-state index contributed by atoms with van der Waals surface area (Å²) in [5, 5.41) is 6.98. The van der Waals surface area contributed by atoms with Crippen LogP contribution in [0.15, 0.2) is 4.99 Å². The molecule has 1 fully saturated rings. The molecule has 0 atom stereocenters. The summed E-state index contributed by atoms with van der Waals surface area (Å²) in [5.41, 5.74) is 10.8. The molecule has 0 spiro atoms. The Labute approximate surface area is 78.3 Å². The molecular formula is C8H17N5. The minimum Gasteiger partial charge on any atom is -0.369 e. The topological polar surface area (TPSA) is 91.5 Å². The molecule has 0 radical (unpaired) electrons. The summed E-state index contributed by atoms with van der Waals surface area (Å²) in [6.45, 7) is 1.87. The van der Waals surface area contributed by atoms with E-state index >= 15 is 0 Å². The lowest BCUT2D eigenvalue weighted by atomic mass is 10.2. The number of nitrogens with one attached hydrogen (secondary N) is 1. The molecule has 0 aromatic carbocycles. The van der Waals surface area contributed by atoms with E-state index in [0.29, 0.717) is 5.96 Å². The average molecular weight is 183 g/mol. The maximum absolute atomic E-state index is 6.98. The molecule has 1 rings (SSSR count). The second kappa shape index (κ2) is 4.69. The molecule has 0 aromatic heterocycles. The summed E-state index contributed by atoms with van der Waals surface area (Å²) in [6.07, 6.45) is 4.80. The monoisotopic (exact) mass is 183 g/mol. The molecule has 0 aliphatic carbocycles. The number of nitrogens with zero attached hydrogens (tertiary/aromatic N) is 2. The predicted octanol–water partition coefficient (Wildman–Crippen LogP) is 0.0706. The Balaban J connectivity index is 2.53. The van der Waals surface area contributed by atoms with E-state index in [4.69, 9.17) is 16.9 Å². The summed E-state index contributed by atoms with van der Waals surface area (Å²) in [7, 11) is 0. The number of aliphatic imine (C=N–C) groups is 1. The van der Waals surface area contributed by atoms with Gasteiger partial charge in [0, 0.05) is 13.1 Å². The van der Waals surface area contributed by atoms with Gasteiger partial charge in [-0.1, -0.05) is 12.8 Å². The summed E-state index contributed by atoms with van der Waals surface area (Å²) in [5.74, 6) is 0.163. The van der Waals surface area contributed by atoms with Crippen LogP contribution in [0.25, 0.3) is 0 Å². The molecule has 13 heavy (non-hydrogen) atoms. The maximum atomic E-state index is 6.98. The van der Waals surface area contributed by atoms with Gasteiger partial charge in [0.15, 0.2) is 5.96 Å². The van der Waals surface area contributed by atoms with E-state index in [1.807, 2.05) is 4.90 Å². The van der Waals surface area contributed by atoms with Crippen LogP contribution in [0.2, 0.25) is 0 Å². The quantitative estimate of drug-likeness (QED) is 0.366. The molecule has 0 saturated carbocycles. The summed E-state index contributed by atoms with van der Waals surface area (Å²) in [4.78, 5) is 5.72. The van der Waals surface area contributed by atoms with Gasteiger partial charge in [0.05, 0.1) is 0 Å². The van der Waals surface area contributed by atoms with E-state index in [2.05, 4.69) is 4.99 Å². The molecule has 0 aromatic rings. The van der Waals surface area contributed by atoms with Crippen LogP contribution in [0.3, 0.4) is 0 Å². The molecule has 74 valence electrons. The van der Waals surface area contributed by atoms with Gasteiger partial charge in [0.25, 0.3) is 0 Å². The van der Waals surface area contributed by atoms with E-state index in [-0.39, 0.29) is 5.96 Å². The van der Waals surface area contributed by atoms with Crippen molar-refractivity contribution in [2.75, 3.05) is 13.1 Å². The van der Waals surface area contributed by atoms with Crippen molar-refractivity contribution in [2.45, 2.75) is 25.7 Å². The zero-order chi connectivity index (χ0) is 9.68. The molecule has 0 unspecified atom stereocenters. The SMILES string of the molecule is N=C(N)/N=C(\N)N1CCCCCC1. The number of guanidine groups is 2. The van der Waals surface area contributed by atoms with E-state index < -0.39 is 0 Å². The minimum absolute atomic E-state index is 0.221. The smallest absolute Gasteiger partial charge is 0.215 e. The van der Waals surface area contributed by atoms with Crippen molar-refractivity contribution < 1.29 is 0 Å². The number of nitrogens with two attached hydrogens (primary N) is 2. The van der Waals surface area contributed by atoms with Gasteiger partial charge in [-0.3, -0.25) is 5.41 Å². The third-order valence-corrected chi connectivity index (χ3v) is 2.17. The molecule has 5 nitrogen and oxygen atoms in total. The summed E-state index contributed by atoms with van der Waals surface area (Å²) in [6, 6.07) is 0. The lowest BCUT2D eigenvalue weighted by Crippen LogP contribution is -2.39. The van der Waals surface area contributed by atoms with Gasteiger partial charge in [0.2, 0.25) is 5.96 Å². The third-order valence-electron chi connectivity index (χ3n) is 2.17. The second-order valence-electron chi connectivity index (χ2n) is 3.26. The lowest BCUT2D eigenvalue weighted by molar-refractivity contribution is 0.431. The van der Waals surface area contributed by atoms with Gasteiger partial charge in [0.1, 0.15) is 0 Å². The van der Waals surface area contributed by atoms with Crippen LogP contribution in [0, 0.1) is 5.41 Å². The van der Waals surface area contributed by atoms with Crippen molar-refractivity contribution in [2.24, 2.45) is 16.5 Å². The molecule has 1 saturated heterocycles. The molecule has 1 heterocycles. The average Bonchev–Trinajstić information content (AvgIpc) is 2.29. The zero-order valence-corrected chi connectivity index (χ0v) is 7.79. The van der Waals surface area contributed by atoms with Gasteiger partial charge in [-0.05, 0) is 12.8 Å². The first-order valence-corrected chi connectivity index (χ1v) is 4.63. The van der Waals surface area contributed by atoms with Crippen LogP contribution in [0.1, 0.15) is 25.7 Å². The Morgan fingerprint density at radius 2 is 1.62 bits per heavy atom. The number of rotatable bonds is 0. The fraction of sp³-hybridized carbons (Fsp3) is 0.750. The normalized spacial score (nSPS) is 19.7. The Morgan fingerprint density at radius 3 is 2.08 bits per heavy atom. The van der Waals surface area contributed by atoms with Crippen LogP contribution in [-0.2, 0) is 0 Å². The van der Waals surface area contributed by atoms with Crippen LogP contribution in [0.4, 0.5) is 0 Å². The van der Waals surface area contributed by atoms with Gasteiger partial charge in [-0.25, -0.2) is 0 Å². The van der Waals surface area contributed by atoms with Crippen LogP contribution in [-0.4, -0.2) is 29.9 Å². The fourth-order valence-electron chi connectivity index (χ4n) is 1.49. The zero-order valence-electron chi connectivity index (χ0n) is 7.79. The Hall–Kier alpha value is -1.26. The molecule has 0 amide bonds. The van der Waals surface area contributed by atoms with E-state index in [0.717, 1.165) is 25.9 Å². The third kappa shape index (κ3) is 3.31. The van der Waals surface area contributed by atoms with Crippen molar-refractivity contribution in [3.8, 4) is 0 Å². The first-order valence-electron chi connectivity index (χ1n) is 4.63. The predicted molar refractivity (Wildman–Crippen MR) is 53.6 cm³/mol. The van der Waals surface area contributed by atoms with Crippen molar-refractivity contribution >= 4 is 11.9 Å². The van der Waals surface area contributed by atoms with Crippen molar-refractivity contribution in [1.29, 1.82) is 5.41 Å². The van der Waals surface area contributed by atoms with Crippen LogP contribution < -0.4 is 11.5 Å². The van der Waals surface area contributed by atoms with Gasteiger partial charge in [-0.2, -0.15) is 4.99 Å². The molecule has 1 aliphatic rings. The summed E-state index contributed by atoms with van der Waals surface area (Å²) < 4.78 is 0. The molecule has 5 heteroatoms. The Bertz CT molecular complexity index is 203.